The van der Waals surface area contributed by atoms with Crippen LogP contribution in [0.2, 0.25) is 0 Å². The van der Waals surface area contributed by atoms with Crippen LogP contribution in [0.15, 0.2) is 53.5 Å². The predicted octanol–water partition coefficient (Wildman–Crippen LogP) is 2.12. The maximum absolute atomic E-state index is 13.2. The Kier molecular flexibility index (Phi) is 3.37. The third-order valence-corrected chi connectivity index (χ3v) is 2.96. The second kappa shape index (κ2) is 5.34. The molecule has 0 aliphatic rings. The molecule has 0 spiro atoms. The Bertz CT molecular complexity index is 861. The molecule has 0 atom stereocenters. The molecular weight excluding hydrogens is 275 g/mol. The summed E-state index contributed by atoms with van der Waals surface area (Å²) in [4.78, 5) is 16.4. The number of aliphatic hydroxyl groups excluding tert-OH is 1. The van der Waals surface area contributed by atoms with Gasteiger partial charge in [-0.05, 0) is 24.3 Å². The lowest BCUT2D eigenvalue weighted by Crippen LogP contribution is -2.20. The minimum Gasteiger partial charge on any atom is -0.438 e. The number of benzene rings is 1. The van der Waals surface area contributed by atoms with Crippen molar-refractivity contribution in [3.63, 3.8) is 0 Å². The number of hydrogen-bond acceptors (Lipinski definition) is 4. The summed E-state index contributed by atoms with van der Waals surface area (Å²) in [6, 6.07) is 10.5. The first kappa shape index (κ1) is 13.3. The highest BCUT2D eigenvalue weighted by molar-refractivity contribution is 5.43. The highest BCUT2D eigenvalue weighted by atomic mass is 19.1. The van der Waals surface area contributed by atoms with Crippen LogP contribution in [0.1, 0.15) is 5.56 Å². The van der Waals surface area contributed by atoms with E-state index in [-0.39, 0.29) is 17.2 Å². The zero-order chi connectivity index (χ0) is 14.8. The van der Waals surface area contributed by atoms with Crippen molar-refractivity contribution in [3.8, 4) is 11.6 Å². The van der Waals surface area contributed by atoms with E-state index in [1.807, 2.05) is 0 Å². The number of halogens is 1. The van der Waals surface area contributed by atoms with Crippen molar-refractivity contribution in [2.45, 2.75) is 6.61 Å². The number of ether oxygens (including phenoxy) is 1. The summed E-state index contributed by atoms with van der Waals surface area (Å²) in [7, 11) is 0. The fraction of sp³-hybridized carbons (Fsp3) is 0.0667. The van der Waals surface area contributed by atoms with E-state index in [4.69, 9.17) is 4.74 Å². The van der Waals surface area contributed by atoms with Gasteiger partial charge in [0.2, 0.25) is 5.88 Å². The van der Waals surface area contributed by atoms with Crippen molar-refractivity contribution in [3.05, 3.63) is 70.4 Å². The molecular formula is C15H11FN2O3. The SMILES string of the molecule is O=c1c(CO)c(Oc2cccc(F)c2)nc2ccccn12. The Morgan fingerprint density at radius 1 is 1.24 bits per heavy atom. The average Bonchev–Trinajstić information content (AvgIpc) is 2.48. The van der Waals surface area contributed by atoms with Gasteiger partial charge in [0.05, 0.1) is 6.61 Å². The highest BCUT2D eigenvalue weighted by Crippen LogP contribution is 2.22. The molecule has 0 aliphatic carbocycles. The lowest BCUT2D eigenvalue weighted by atomic mass is 10.3. The van der Waals surface area contributed by atoms with Crippen LogP contribution in [0.5, 0.6) is 11.6 Å². The summed E-state index contributed by atoms with van der Waals surface area (Å²) >= 11 is 0. The van der Waals surface area contributed by atoms with Gasteiger partial charge in [-0.25, -0.2) is 4.39 Å². The van der Waals surface area contributed by atoms with Crippen molar-refractivity contribution in [2.75, 3.05) is 0 Å². The van der Waals surface area contributed by atoms with Gasteiger partial charge in [0.25, 0.3) is 5.56 Å². The van der Waals surface area contributed by atoms with Crippen molar-refractivity contribution in [2.24, 2.45) is 0 Å². The number of fused-ring (bicyclic) bond motifs is 1. The van der Waals surface area contributed by atoms with E-state index in [1.54, 1.807) is 30.5 Å². The van der Waals surface area contributed by atoms with Crippen LogP contribution < -0.4 is 10.3 Å². The number of aromatic nitrogens is 2. The summed E-state index contributed by atoms with van der Waals surface area (Å²) in [6.07, 6.45) is 1.55. The molecule has 0 saturated heterocycles. The Labute approximate surface area is 118 Å². The summed E-state index contributed by atoms with van der Waals surface area (Å²) in [5.74, 6) is -0.285. The molecule has 2 aromatic heterocycles. The second-order valence-electron chi connectivity index (χ2n) is 4.35. The van der Waals surface area contributed by atoms with E-state index < -0.39 is 18.0 Å². The van der Waals surface area contributed by atoms with E-state index in [9.17, 15) is 14.3 Å². The van der Waals surface area contributed by atoms with Gasteiger partial charge in [-0.2, -0.15) is 4.98 Å². The third-order valence-electron chi connectivity index (χ3n) is 2.96. The van der Waals surface area contributed by atoms with Crippen LogP contribution in [-0.2, 0) is 6.61 Å². The number of hydrogen-bond donors (Lipinski definition) is 1. The third kappa shape index (κ3) is 2.48. The minimum absolute atomic E-state index is 0.0166. The second-order valence-corrected chi connectivity index (χ2v) is 4.35. The molecule has 6 heteroatoms. The molecule has 0 unspecified atom stereocenters. The predicted molar refractivity (Wildman–Crippen MR) is 73.9 cm³/mol. The smallest absolute Gasteiger partial charge is 0.267 e. The van der Waals surface area contributed by atoms with Gasteiger partial charge in [-0.3, -0.25) is 9.20 Å². The Morgan fingerprint density at radius 3 is 2.86 bits per heavy atom. The first-order valence-electron chi connectivity index (χ1n) is 6.23. The molecule has 0 aliphatic heterocycles. The van der Waals surface area contributed by atoms with Crippen LogP contribution in [0.4, 0.5) is 4.39 Å². The molecule has 2 heterocycles. The molecule has 106 valence electrons. The fourth-order valence-corrected chi connectivity index (χ4v) is 1.97. The number of nitrogens with zero attached hydrogens (tertiary/aromatic N) is 2. The van der Waals surface area contributed by atoms with Crippen molar-refractivity contribution in [1.29, 1.82) is 0 Å². The molecule has 0 fully saturated rings. The van der Waals surface area contributed by atoms with Crippen LogP contribution in [0.25, 0.3) is 5.65 Å². The van der Waals surface area contributed by atoms with E-state index in [2.05, 4.69) is 4.98 Å². The van der Waals surface area contributed by atoms with Gasteiger partial charge >= 0.3 is 0 Å². The lowest BCUT2D eigenvalue weighted by molar-refractivity contribution is 0.272. The van der Waals surface area contributed by atoms with Gasteiger partial charge in [0.15, 0.2) is 0 Å². The standard InChI is InChI=1S/C15H11FN2O3/c16-10-4-3-5-11(8-10)21-14-12(9-19)15(20)18-7-2-1-6-13(18)17-14/h1-8,19H,9H2. The van der Waals surface area contributed by atoms with E-state index in [0.717, 1.165) is 0 Å². The van der Waals surface area contributed by atoms with Crippen molar-refractivity contribution < 1.29 is 14.2 Å². The Hall–Kier alpha value is -2.73. The van der Waals surface area contributed by atoms with Crippen molar-refractivity contribution in [1.82, 2.24) is 9.38 Å². The van der Waals surface area contributed by atoms with Gasteiger partial charge in [-0.1, -0.05) is 12.1 Å². The van der Waals surface area contributed by atoms with Gasteiger partial charge in [0, 0.05) is 12.3 Å². The topological polar surface area (TPSA) is 63.8 Å². The Morgan fingerprint density at radius 2 is 2.10 bits per heavy atom. The molecule has 5 nitrogen and oxygen atoms in total. The minimum atomic E-state index is -0.520. The van der Waals surface area contributed by atoms with E-state index in [0.29, 0.717) is 5.65 Å². The molecule has 1 aromatic carbocycles. The van der Waals surface area contributed by atoms with Gasteiger partial charge < -0.3 is 9.84 Å². The quantitative estimate of drug-likeness (QED) is 0.801. The lowest BCUT2D eigenvalue weighted by Gasteiger charge is -2.10. The first-order chi connectivity index (χ1) is 10.2. The van der Waals surface area contributed by atoms with Crippen LogP contribution in [0, 0.1) is 5.82 Å². The largest absolute Gasteiger partial charge is 0.438 e. The highest BCUT2D eigenvalue weighted by Gasteiger charge is 2.14. The van der Waals surface area contributed by atoms with Gasteiger partial charge in [0.1, 0.15) is 22.8 Å². The summed E-state index contributed by atoms with van der Waals surface area (Å²) in [5.41, 5.74) is -0.0245. The molecule has 1 N–H and O–H groups in total. The molecule has 3 aromatic rings. The molecule has 0 bridgehead atoms. The summed E-state index contributed by atoms with van der Waals surface area (Å²) < 4.78 is 19.9. The fourth-order valence-electron chi connectivity index (χ4n) is 1.97. The van der Waals surface area contributed by atoms with Crippen molar-refractivity contribution >= 4 is 5.65 Å². The molecule has 0 amide bonds. The van der Waals surface area contributed by atoms with Gasteiger partial charge in [-0.15, -0.1) is 0 Å². The summed E-state index contributed by atoms with van der Waals surface area (Å²) in [6.45, 7) is -0.520. The molecule has 0 saturated carbocycles. The zero-order valence-electron chi connectivity index (χ0n) is 10.9. The average molecular weight is 286 g/mol. The number of aliphatic hydroxyl groups is 1. The van der Waals surface area contributed by atoms with Crippen LogP contribution >= 0.6 is 0 Å². The number of pyridine rings is 1. The normalized spacial score (nSPS) is 10.8. The Balaban J connectivity index is 2.15. The zero-order valence-corrected chi connectivity index (χ0v) is 10.9. The van der Waals surface area contributed by atoms with E-state index >= 15 is 0 Å². The monoisotopic (exact) mass is 286 g/mol. The maximum atomic E-state index is 13.2. The summed E-state index contributed by atoms with van der Waals surface area (Å²) in [5, 5.41) is 9.38. The molecule has 21 heavy (non-hydrogen) atoms. The van der Waals surface area contributed by atoms with E-state index in [1.165, 1.54) is 22.6 Å². The first-order valence-corrected chi connectivity index (χ1v) is 6.23. The number of rotatable bonds is 3. The molecule has 0 radical (unpaired) electrons. The maximum Gasteiger partial charge on any atom is 0.267 e. The van der Waals surface area contributed by atoms with Crippen LogP contribution in [0.3, 0.4) is 0 Å². The van der Waals surface area contributed by atoms with Crippen LogP contribution in [-0.4, -0.2) is 14.5 Å². The molecule has 3 rings (SSSR count).